The summed E-state index contributed by atoms with van der Waals surface area (Å²) in [5.74, 6) is -0.988. The Morgan fingerprint density at radius 1 is 1.09 bits per heavy atom. The quantitative estimate of drug-likeness (QED) is 0.574. The number of alkyl halides is 3. The normalized spacial score (nSPS) is 25.9. The van der Waals surface area contributed by atoms with Crippen molar-refractivity contribution in [1.82, 2.24) is 24.7 Å². The van der Waals surface area contributed by atoms with E-state index in [1.54, 1.807) is 0 Å². The average Bonchev–Trinajstić information content (AvgIpc) is 3.48. The Morgan fingerprint density at radius 2 is 1.91 bits per heavy atom. The molecule has 1 saturated heterocycles. The Balaban J connectivity index is 1.30. The molecular weight excluding hydrogens is 433 g/mol. The number of anilines is 1. The number of hydrogen-bond acceptors (Lipinski definition) is 6. The molecule has 7 nitrogen and oxygen atoms in total. The van der Waals surface area contributed by atoms with Gasteiger partial charge in [-0.2, -0.15) is 23.3 Å². The summed E-state index contributed by atoms with van der Waals surface area (Å²) < 4.78 is 47.3. The maximum atomic E-state index is 13.1. The van der Waals surface area contributed by atoms with Gasteiger partial charge >= 0.3 is 6.18 Å². The van der Waals surface area contributed by atoms with Crippen LogP contribution >= 0.6 is 0 Å². The van der Waals surface area contributed by atoms with Crippen molar-refractivity contribution in [2.24, 2.45) is 5.92 Å². The van der Waals surface area contributed by atoms with Gasteiger partial charge in [-0.25, -0.2) is 9.97 Å². The highest BCUT2D eigenvalue weighted by atomic mass is 19.4. The molecule has 4 heterocycles. The molecule has 0 radical (unpaired) electrons. The zero-order chi connectivity index (χ0) is 22.7. The first kappa shape index (κ1) is 20.8. The molecule has 3 aromatic heterocycles. The molecule has 2 aliphatic carbocycles. The maximum Gasteiger partial charge on any atom is 0.391 e. The minimum Gasteiger partial charge on any atom is -0.370 e. The van der Waals surface area contributed by atoms with E-state index in [0.717, 1.165) is 29.5 Å². The lowest BCUT2D eigenvalue weighted by Crippen LogP contribution is -2.40. The van der Waals surface area contributed by atoms with Gasteiger partial charge < -0.3 is 9.64 Å². The van der Waals surface area contributed by atoms with Gasteiger partial charge in [0.05, 0.1) is 37.0 Å². The van der Waals surface area contributed by atoms with E-state index in [2.05, 4.69) is 21.2 Å². The molecule has 10 heteroatoms. The van der Waals surface area contributed by atoms with Crippen molar-refractivity contribution in [3.63, 3.8) is 0 Å². The van der Waals surface area contributed by atoms with Gasteiger partial charge in [0.2, 0.25) is 5.95 Å². The predicted molar refractivity (Wildman–Crippen MR) is 115 cm³/mol. The number of ether oxygens (including phenoxy) is 1. The van der Waals surface area contributed by atoms with E-state index in [0.29, 0.717) is 43.0 Å². The molecule has 3 aliphatic rings. The number of aryl methyl sites for hydroxylation is 1. The van der Waals surface area contributed by atoms with E-state index in [1.165, 1.54) is 0 Å². The van der Waals surface area contributed by atoms with E-state index in [1.807, 2.05) is 29.9 Å². The third-order valence-electron chi connectivity index (χ3n) is 6.97. The van der Waals surface area contributed by atoms with Crippen molar-refractivity contribution in [3.8, 4) is 0 Å². The zero-order valence-electron chi connectivity index (χ0n) is 18.3. The van der Waals surface area contributed by atoms with Crippen LogP contribution in [0.4, 0.5) is 19.1 Å². The van der Waals surface area contributed by atoms with Crippen LogP contribution in [0.25, 0.3) is 11.0 Å². The number of halogens is 3. The Bertz CT molecular complexity index is 1180. The van der Waals surface area contributed by atoms with Gasteiger partial charge in [0.25, 0.3) is 0 Å². The van der Waals surface area contributed by atoms with E-state index < -0.39 is 12.1 Å². The summed E-state index contributed by atoms with van der Waals surface area (Å²) in [5.41, 5.74) is 3.04. The fourth-order valence-corrected chi connectivity index (χ4v) is 4.77. The zero-order valence-corrected chi connectivity index (χ0v) is 18.3. The summed E-state index contributed by atoms with van der Waals surface area (Å²) in [6.45, 7) is 3.56. The van der Waals surface area contributed by atoms with Crippen molar-refractivity contribution in [2.45, 2.75) is 56.8 Å². The third kappa shape index (κ3) is 3.94. The van der Waals surface area contributed by atoms with Crippen molar-refractivity contribution < 1.29 is 17.9 Å². The number of fused-ring (bicyclic) bond motifs is 1. The lowest BCUT2D eigenvalue weighted by Gasteiger charge is -2.37. The second kappa shape index (κ2) is 7.65. The highest BCUT2D eigenvalue weighted by Crippen LogP contribution is 2.50. The first-order valence-electron chi connectivity index (χ1n) is 11.5. The summed E-state index contributed by atoms with van der Waals surface area (Å²) in [6.07, 6.45) is 2.05. The lowest BCUT2D eigenvalue weighted by molar-refractivity contribution is -0.197. The van der Waals surface area contributed by atoms with Crippen LogP contribution in [-0.4, -0.2) is 50.6 Å². The fourth-order valence-electron chi connectivity index (χ4n) is 4.77. The molecule has 3 aromatic rings. The highest BCUT2D eigenvalue weighted by Gasteiger charge is 2.49. The van der Waals surface area contributed by atoms with Crippen molar-refractivity contribution >= 4 is 17.0 Å². The Hall–Kier alpha value is -2.75. The van der Waals surface area contributed by atoms with Gasteiger partial charge in [0.15, 0.2) is 5.65 Å². The molecule has 1 atom stereocenters. The highest BCUT2D eigenvalue weighted by molar-refractivity contribution is 5.79. The SMILES string of the molecule is Cc1ccc2c(C3CC(C(F)(F)F)C3)nc(N3CCO[C@H](c4cnn(C5CC5)c4)C3)nc2n1. The van der Waals surface area contributed by atoms with Gasteiger partial charge in [-0.1, -0.05) is 0 Å². The van der Waals surface area contributed by atoms with Crippen LogP contribution in [-0.2, 0) is 4.74 Å². The molecule has 6 rings (SSSR count). The van der Waals surface area contributed by atoms with E-state index in [4.69, 9.17) is 14.7 Å². The number of pyridine rings is 1. The Labute approximate surface area is 189 Å². The summed E-state index contributed by atoms with van der Waals surface area (Å²) in [6, 6.07) is 4.24. The average molecular weight is 458 g/mol. The van der Waals surface area contributed by atoms with E-state index >= 15 is 0 Å². The lowest BCUT2D eigenvalue weighted by atomic mass is 9.72. The van der Waals surface area contributed by atoms with Crippen LogP contribution in [0, 0.1) is 12.8 Å². The topological polar surface area (TPSA) is 69.0 Å². The smallest absolute Gasteiger partial charge is 0.370 e. The van der Waals surface area contributed by atoms with Crippen LogP contribution in [0.5, 0.6) is 0 Å². The van der Waals surface area contributed by atoms with Gasteiger partial charge in [-0.3, -0.25) is 4.68 Å². The molecule has 1 aliphatic heterocycles. The van der Waals surface area contributed by atoms with Crippen LogP contribution in [0.3, 0.4) is 0 Å². The van der Waals surface area contributed by atoms with Crippen molar-refractivity contribution in [3.05, 3.63) is 41.5 Å². The first-order chi connectivity index (χ1) is 15.8. The molecule has 3 fully saturated rings. The van der Waals surface area contributed by atoms with Gasteiger partial charge in [-0.15, -0.1) is 0 Å². The van der Waals surface area contributed by atoms with Crippen LogP contribution in [0.15, 0.2) is 24.5 Å². The first-order valence-corrected chi connectivity index (χ1v) is 11.5. The molecule has 174 valence electrons. The standard InChI is InChI=1S/C23H25F3N6O/c1-13-2-5-18-20(14-8-16(9-14)23(24,25)26)29-22(30-21(18)28-13)31-6-7-33-19(12-31)15-10-27-32(11-15)17-3-4-17/h2,5,10-11,14,16-17,19H,3-4,6-9,12H2,1H3/t14?,16?,19-/m0/s1. The largest absolute Gasteiger partial charge is 0.391 e. The van der Waals surface area contributed by atoms with Gasteiger partial charge in [0.1, 0.15) is 6.10 Å². The number of aromatic nitrogens is 5. The number of morpholine rings is 1. The number of rotatable bonds is 4. The fraction of sp³-hybridized carbons (Fsp3) is 0.565. The van der Waals surface area contributed by atoms with Crippen LogP contribution in [0.2, 0.25) is 0 Å². The molecule has 0 bridgehead atoms. The minimum atomic E-state index is -4.15. The van der Waals surface area contributed by atoms with Crippen molar-refractivity contribution in [1.29, 1.82) is 0 Å². The molecule has 2 saturated carbocycles. The van der Waals surface area contributed by atoms with Crippen molar-refractivity contribution in [2.75, 3.05) is 24.6 Å². The monoisotopic (exact) mass is 458 g/mol. The minimum absolute atomic E-state index is 0.0645. The Kier molecular flexibility index (Phi) is 4.83. The molecule has 0 aromatic carbocycles. The molecule has 0 N–H and O–H groups in total. The summed E-state index contributed by atoms with van der Waals surface area (Å²) in [5, 5.41) is 5.21. The number of hydrogen-bond donors (Lipinski definition) is 0. The summed E-state index contributed by atoms with van der Waals surface area (Å²) in [4.78, 5) is 16.1. The third-order valence-corrected chi connectivity index (χ3v) is 6.97. The van der Waals surface area contributed by atoms with Gasteiger partial charge in [0, 0.05) is 35.3 Å². The molecular formula is C23H25F3N6O. The molecule has 33 heavy (non-hydrogen) atoms. The second-order valence-corrected chi connectivity index (χ2v) is 9.43. The summed E-state index contributed by atoms with van der Waals surface area (Å²) >= 11 is 0. The second-order valence-electron chi connectivity index (χ2n) is 9.43. The molecule has 0 spiro atoms. The molecule has 0 unspecified atom stereocenters. The van der Waals surface area contributed by atoms with Gasteiger partial charge in [-0.05, 0) is 44.7 Å². The maximum absolute atomic E-state index is 13.1. The molecule has 0 amide bonds. The number of nitrogens with zero attached hydrogens (tertiary/aromatic N) is 6. The van der Waals surface area contributed by atoms with Crippen LogP contribution < -0.4 is 4.90 Å². The summed E-state index contributed by atoms with van der Waals surface area (Å²) in [7, 11) is 0. The predicted octanol–water partition coefficient (Wildman–Crippen LogP) is 4.50. The Morgan fingerprint density at radius 3 is 2.67 bits per heavy atom. The van der Waals surface area contributed by atoms with Crippen LogP contribution in [0.1, 0.15) is 60.7 Å². The van der Waals surface area contributed by atoms with E-state index in [9.17, 15) is 13.2 Å². The van der Waals surface area contributed by atoms with E-state index in [-0.39, 0.29) is 24.9 Å².